The van der Waals surface area contributed by atoms with E-state index in [0.717, 1.165) is 0 Å². The molecule has 11 heavy (non-hydrogen) atoms. The molecule has 2 heterocycles. The highest BCUT2D eigenvalue weighted by Gasteiger charge is 2.21. The quantitative estimate of drug-likeness (QED) is 0.633. The van der Waals surface area contributed by atoms with Crippen molar-refractivity contribution in [2.75, 3.05) is 18.9 Å². The molecule has 0 aromatic carbocycles. The minimum absolute atomic E-state index is 0.420. The minimum atomic E-state index is -2.67. The summed E-state index contributed by atoms with van der Waals surface area (Å²) in [7, 11) is 0. The van der Waals surface area contributed by atoms with E-state index in [0.29, 0.717) is 0 Å². The third kappa shape index (κ3) is 1.17. The molecule has 1 aliphatic rings. The van der Waals surface area contributed by atoms with Gasteiger partial charge in [0.1, 0.15) is 0 Å². The van der Waals surface area contributed by atoms with Crippen LogP contribution in [0.25, 0.3) is 0 Å². The molecule has 58 valence electrons. The van der Waals surface area contributed by atoms with E-state index in [9.17, 15) is 0 Å². The van der Waals surface area contributed by atoms with Gasteiger partial charge in [-0.25, -0.2) is 9.97 Å². The Bertz CT molecular complexity index is 506. The van der Waals surface area contributed by atoms with Gasteiger partial charge in [0.15, 0.2) is 0 Å². The second-order valence-electron chi connectivity index (χ2n) is 1.85. The monoisotopic (exact) mass is 158 g/mol. The first-order valence-corrected chi connectivity index (χ1v) is 2.84. The molecule has 0 saturated carbocycles. The highest BCUT2D eigenvalue weighted by Crippen LogP contribution is 2.21. The molecule has 0 unspecified atom stereocenters. The number of ether oxygens (including phenoxy) is 1. The molecule has 2 rings (SSSR count). The predicted octanol–water partition coefficient (Wildman–Crippen LogP) is 0.173. The second-order valence-corrected chi connectivity index (χ2v) is 1.85. The van der Waals surface area contributed by atoms with Crippen molar-refractivity contribution in [3.05, 3.63) is 17.9 Å². The van der Waals surface area contributed by atoms with E-state index in [1.165, 1.54) is 0 Å². The van der Waals surface area contributed by atoms with E-state index in [4.69, 9.17) is 15.3 Å². The number of nitrogens with two attached hydrogens (primary N) is 1. The largest absolute Gasteiger partial charge is 0.380 e. The molecule has 1 saturated heterocycles. The maximum atomic E-state index is 7.92. The number of anilines is 1. The van der Waals surface area contributed by atoms with Gasteiger partial charge >= 0.3 is 0 Å². The summed E-state index contributed by atoms with van der Waals surface area (Å²) in [6.45, 7) is -5.33. The topological polar surface area (TPSA) is 61.0 Å². The number of nitrogen functional groups attached to an aromatic ring is 1. The smallest absolute Gasteiger partial charge is 0.220 e. The summed E-state index contributed by atoms with van der Waals surface area (Å²) in [6, 6.07) is -0.643. The van der Waals surface area contributed by atoms with E-state index in [2.05, 4.69) is 14.7 Å². The van der Waals surface area contributed by atoms with Crippen molar-refractivity contribution < 1.29 is 14.3 Å². The summed E-state index contributed by atoms with van der Waals surface area (Å²) >= 11 is 0. The Morgan fingerprint density at radius 2 is 2.73 bits per heavy atom. The summed E-state index contributed by atoms with van der Waals surface area (Å²) < 4.78 is 56.9. The fraction of sp³-hybridized carbons (Fsp3) is 0.429. The van der Waals surface area contributed by atoms with Crippen LogP contribution in [-0.4, -0.2) is 23.1 Å². The minimum Gasteiger partial charge on any atom is -0.380 e. The molecule has 4 heteroatoms. The van der Waals surface area contributed by atoms with Gasteiger partial charge < -0.3 is 10.5 Å². The number of hydrogen-bond donors (Lipinski definition) is 1. The first-order valence-electron chi connectivity index (χ1n) is 6.34. The predicted molar refractivity (Wildman–Crippen MR) is 40.0 cm³/mol. The van der Waals surface area contributed by atoms with Crippen LogP contribution in [0.5, 0.6) is 0 Å². The van der Waals surface area contributed by atoms with Crippen LogP contribution in [0.3, 0.4) is 0 Å². The zero-order valence-corrected chi connectivity index (χ0v) is 5.38. The van der Waals surface area contributed by atoms with Crippen molar-refractivity contribution in [3.63, 3.8) is 0 Å². The van der Waals surface area contributed by atoms with Gasteiger partial charge in [-0.1, -0.05) is 0 Å². The number of hydrogen-bond acceptors (Lipinski definition) is 4. The summed E-state index contributed by atoms with van der Waals surface area (Å²) in [5, 5.41) is 0. The standard InChI is InChI=1S/C7H9N3O/c8-7-9-2-1-6(10-7)5-3-11-4-5/h1-2,5H,3-4H2,(H2,8,9,10)/i1D,2D,3D2,4D2,5D. The first-order chi connectivity index (χ1) is 8.03. The summed E-state index contributed by atoms with van der Waals surface area (Å²) in [4.78, 5) is 6.91. The molecule has 2 N–H and O–H groups in total. The highest BCUT2D eigenvalue weighted by molar-refractivity contribution is 5.20. The fourth-order valence-corrected chi connectivity index (χ4v) is 0.623. The molecule has 0 radical (unpaired) electrons. The van der Waals surface area contributed by atoms with Gasteiger partial charge in [-0.05, 0) is 6.04 Å². The Balaban J connectivity index is 2.68. The van der Waals surface area contributed by atoms with Crippen LogP contribution in [0.1, 0.15) is 21.2 Å². The van der Waals surface area contributed by atoms with Crippen LogP contribution in [0.15, 0.2) is 12.2 Å². The van der Waals surface area contributed by atoms with Crippen molar-refractivity contribution >= 4 is 5.95 Å². The van der Waals surface area contributed by atoms with Crippen LogP contribution < -0.4 is 5.73 Å². The van der Waals surface area contributed by atoms with Crippen molar-refractivity contribution in [2.24, 2.45) is 0 Å². The van der Waals surface area contributed by atoms with Gasteiger partial charge in [-0.2, -0.15) is 0 Å². The Hall–Kier alpha value is -1.16. The fourth-order valence-electron chi connectivity index (χ4n) is 0.623. The van der Waals surface area contributed by atoms with E-state index in [1.54, 1.807) is 0 Å². The number of rotatable bonds is 1. The van der Waals surface area contributed by atoms with Crippen molar-refractivity contribution in [1.82, 2.24) is 9.97 Å². The van der Waals surface area contributed by atoms with Crippen LogP contribution in [-0.2, 0) is 4.74 Å². The Morgan fingerprint density at radius 1 is 1.91 bits per heavy atom. The molecule has 4 nitrogen and oxygen atoms in total. The molecule has 0 amide bonds. The molecule has 1 aromatic rings. The summed E-state index contributed by atoms with van der Waals surface area (Å²) in [5.74, 6) is -2.99. The number of nitrogens with zero attached hydrogens (tertiary/aromatic N) is 2. The zero-order valence-electron chi connectivity index (χ0n) is 12.4. The number of aromatic nitrogens is 2. The molecular weight excluding hydrogens is 142 g/mol. The maximum absolute atomic E-state index is 7.92. The molecule has 1 fully saturated rings. The van der Waals surface area contributed by atoms with Crippen molar-refractivity contribution in [2.45, 2.75) is 5.89 Å². The second kappa shape index (κ2) is 2.47. The van der Waals surface area contributed by atoms with E-state index < -0.39 is 42.9 Å². The average molecular weight is 158 g/mol. The zero-order chi connectivity index (χ0) is 13.9. The van der Waals surface area contributed by atoms with E-state index in [-0.39, 0.29) is 0 Å². The molecule has 1 aromatic heterocycles. The van der Waals surface area contributed by atoms with Gasteiger partial charge in [-0.3, -0.25) is 0 Å². The molecule has 0 aliphatic carbocycles. The Kier molecular flexibility index (Phi) is 0.542. The Morgan fingerprint density at radius 3 is 3.45 bits per heavy atom. The van der Waals surface area contributed by atoms with Gasteiger partial charge in [0.2, 0.25) is 5.95 Å². The SMILES string of the molecule is [2H]c1nc(N)nc(C2([2H])C([2H])([2H])OC2([2H])[2H])c1[2H]. The lowest BCUT2D eigenvalue weighted by molar-refractivity contribution is 0.00673. The molecular formula is C7H9N3O. The Labute approximate surface area is 74.2 Å². The van der Waals surface area contributed by atoms with Gasteiger partial charge in [0.05, 0.1) is 27.0 Å². The third-order valence-electron chi connectivity index (χ3n) is 1.11. The van der Waals surface area contributed by atoms with Crippen molar-refractivity contribution in [3.8, 4) is 0 Å². The third-order valence-corrected chi connectivity index (χ3v) is 1.11. The lowest BCUT2D eigenvalue weighted by Gasteiger charge is -2.24. The first kappa shape index (κ1) is 2.42. The molecule has 0 spiro atoms. The van der Waals surface area contributed by atoms with E-state index >= 15 is 0 Å². The van der Waals surface area contributed by atoms with E-state index in [1.807, 2.05) is 0 Å². The van der Waals surface area contributed by atoms with Crippen LogP contribution in [0.4, 0.5) is 5.95 Å². The molecule has 1 aliphatic heterocycles. The average Bonchev–Trinajstić information content (AvgIpc) is 2.20. The van der Waals surface area contributed by atoms with Crippen molar-refractivity contribution in [1.29, 1.82) is 0 Å². The lowest BCUT2D eigenvalue weighted by Crippen LogP contribution is -2.26. The molecule has 0 bridgehead atoms. The maximum Gasteiger partial charge on any atom is 0.220 e. The van der Waals surface area contributed by atoms with Gasteiger partial charge in [0, 0.05) is 13.4 Å². The van der Waals surface area contributed by atoms with Crippen LogP contribution in [0, 0.1) is 0 Å². The summed E-state index contributed by atoms with van der Waals surface area (Å²) in [6.07, 6.45) is -0.595. The molecule has 0 atom stereocenters. The van der Waals surface area contributed by atoms with Crippen LogP contribution in [0.2, 0.25) is 0 Å². The lowest BCUT2D eigenvalue weighted by atomic mass is 10.0. The van der Waals surface area contributed by atoms with Gasteiger partial charge in [0.25, 0.3) is 0 Å². The normalized spacial score (nSPS) is 39.1. The van der Waals surface area contributed by atoms with Gasteiger partial charge in [-0.15, -0.1) is 0 Å². The highest BCUT2D eigenvalue weighted by atomic mass is 16.5. The van der Waals surface area contributed by atoms with Crippen LogP contribution >= 0.6 is 0 Å². The summed E-state index contributed by atoms with van der Waals surface area (Å²) in [5.41, 5.74) is 4.69.